The van der Waals surface area contributed by atoms with Gasteiger partial charge in [0.25, 0.3) is 0 Å². The first-order valence-corrected chi connectivity index (χ1v) is 6.40. The number of methoxy groups -OCH3 is 2. The summed E-state index contributed by atoms with van der Waals surface area (Å²) in [6, 6.07) is 5.52. The van der Waals surface area contributed by atoms with E-state index >= 15 is 0 Å². The first-order chi connectivity index (χ1) is 9.62. The molecular weight excluding hydrogens is 303 g/mol. The molecule has 1 heterocycles. The molecule has 1 aromatic heterocycles. The molecule has 0 amide bonds. The van der Waals surface area contributed by atoms with Gasteiger partial charge in [-0.25, -0.2) is 0 Å². The van der Waals surface area contributed by atoms with Crippen molar-refractivity contribution in [1.29, 1.82) is 0 Å². The Kier molecular flexibility index (Phi) is 4.81. The van der Waals surface area contributed by atoms with Gasteiger partial charge in [-0.3, -0.25) is 0 Å². The SMILES string of the molecule is COc1ccc(CNc2nc(Cl)nc(Cl)n2)c(OC)c1. The number of halogens is 2. The first-order valence-electron chi connectivity index (χ1n) is 5.64. The van der Waals surface area contributed by atoms with Crippen molar-refractivity contribution in [3.05, 3.63) is 34.3 Å². The zero-order valence-corrected chi connectivity index (χ0v) is 12.4. The average Bonchev–Trinajstić information content (AvgIpc) is 2.44. The van der Waals surface area contributed by atoms with Crippen molar-refractivity contribution in [3.63, 3.8) is 0 Å². The highest BCUT2D eigenvalue weighted by atomic mass is 35.5. The third kappa shape index (κ3) is 3.61. The molecule has 0 spiro atoms. The highest BCUT2D eigenvalue weighted by molar-refractivity contribution is 6.31. The Morgan fingerprint density at radius 2 is 1.75 bits per heavy atom. The summed E-state index contributed by atoms with van der Waals surface area (Å²) in [4.78, 5) is 11.5. The minimum atomic E-state index is 0.0363. The van der Waals surface area contributed by atoms with Gasteiger partial charge in [-0.2, -0.15) is 15.0 Å². The van der Waals surface area contributed by atoms with Crippen LogP contribution in [0.1, 0.15) is 5.56 Å². The van der Waals surface area contributed by atoms with Crippen LogP contribution in [0.15, 0.2) is 18.2 Å². The number of nitrogens with one attached hydrogen (secondary N) is 1. The highest BCUT2D eigenvalue weighted by Crippen LogP contribution is 2.25. The zero-order chi connectivity index (χ0) is 14.5. The molecule has 8 heteroatoms. The quantitative estimate of drug-likeness (QED) is 0.915. The van der Waals surface area contributed by atoms with Gasteiger partial charge in [0.15, 0.2) is 0 Å². The lowest BCUT2D eigenvalue weighted by molar-refractivity contribution is 0.391. The number of rotatable bonds is 5. The number of hydrogen-bond acceptors (Lipinski definition) is 6. The third-order valence-electron chi connectivity index (χ3n) is 2.51. The Balaban J connectivity index is 2.14. The zero-order valence-electron chi connectivity index (χ0n) is 10.9. The summed E-state index contributed by atoms with van der Waals surface area (Å²) in [7, 11) is 3.19. The topological polar surface area (TPSA) is 69.2 Å². The molecule has 0 unspecified atom stereocenters. The minimum Gasteiger partial charge on any atom is -0.497 e. The van der Waals surface area contributed by atoms with Gasteiger partial charge < -0.3 is 14.8 Å². The summed E-state index contributed by atoms with van der Waals surface area (Å²) in [5.41, 5.74) is 0.918. The Morgan fingerprint density at radius 1 is 1.05 bits per heavy atom. The van der Waals surface area contributed by atoms with Gasteiger partial charge in [-0.15, -0.1) is 0 Å². The van der Waals surface area contributed by atoms with Crippen molar-refractivity contribution in [1.82, 2.24) is 15.0 Å². The van der Waals surface area contributed by atoms with E-state index < -0.39 is 0 Å². The van der Waals surface area contributed by atoms with Crippen molar-refractivity contribution in [3.8, 4) is 11.5 Å². The van der Waals surface area contributed by atoms with Crippen LogP contribution in [0.3, 0.4) is 0 Å². The fraction of sp³-hybridized carbons (Fsp3) is 0.250. The van der Waals surface area contributed by atoms with E-state index in [4.69, 9.17) is 32.7 Å². The molecule has 0 aliphatic rings. The largest absolute Gasteiger partial charge is 0.497 e. The van der Waals surface area contributed by atoms with Crippen LogP contribution >= 0.6 is 23.2 Å². The molecule has 0 aliphatic heterocycles. The number of anilines is 1. The van der Waals surface area contributed by atoms with Crippen LogP contribution in [-0.4, -0.2) is 29.2 Å². The normalized spacial score (nSPS) is 10.2. The summed E-state index contributed by atoms with van der Waals surface area (Å²) in [6.45, 7) is 0.448. The number of ether oxygens (including phenoxy) is 2. The molecule has 0 aliphatic carbocycles. The van der Waals surface area contributed by atoms with Gasteiger partial charge in [0, 0.05) is 18.2 Å². The Hall–Kier alpha value is -1.79. The molecule has 0 bridgehead atoms. The summed E-state index contributed by atoms with van der Waals surface area (Å²) >= 11 is 11.4. The van der Waals surface area contributed by atoms with Gasteiger partial charge in [0.1, 0.15) is 11.5 Å². The van der Waals surface area contributed by atoms with E-state index in [0.29, 0.717) is 18.2 Å². The third-order valence-corrected chi connectivity index (χ3v) is 2.85. The molecule has 1 N–H and O–H groups in total. The lowest BCUT2D eigenvalue weighted by Crippen LogP contribution is -2.06. The van der Waals surface area contributed by atoms with E-state index in [-0.39, 0.29) is 10.6 Å². The van der Waals surface area contributed by atoms with Crippen molar-refractivity contribution < 1.29 is 9.47 Å². The molecule has 1 aromatic carbocycles. The second-order valence-corrected chi connectivity index (χ2v) is 4.40. The lowest BCUT2D eigenvalue weighted by atomic mass is 10.2. The van der Waals surface area contributed by atoms with Crippen LogP contribution in [0, 0.1) is 0 Å². The van der Waals surface area contributed by atoms with E-state index in [9.17, 15) is 0 Å². The van der Waals surface area contributed by atoms with Crippen LogP contribution in [0.5, 0.6) is 11.5 Å². The molecule has 6 nitrogen and oxygen atoms in total. The van der Waals surface area contributed by atoms with E-state index in [1.165, 1.54) is 0 Å². The fourth-order valence-corrected chi connectivity index (χ4v) is 1.94. The Labute approximate surface area is 126 Å². The van der Waals surface area contributed by atoms with E-state index in [1.54, 1.807) is 20.3 Å². The molecule has 0 fully saturated rings. The van der Waals surface area contributed by atoms with Crippen LogP contribution in [0.4, 0.5) is 5.95 Å². The molecule has 0 atom stereocenters. The number of nitrogens with zero attached hydrogens (tertiary/aromatic N) is 3. The van der Waals surface area contributed by atoms with Crippen molar-refractivity contribution in [2.75, 3.05) is 19.5 Å². The maximum atomic E-state index is 5.70. The fourth-order valence-electron chi connectivity index (χ4n) is 1.58. The van der Waals surface area contributed by atoms with E-state index in [0.717, 1.165) is 11.3 Å². The maximum absolute atomic E-state index is 5.70. The lowest BCUT2D eigenvalue weighted by Gasteiger charge is -2.11. The van der Waals surface area contributed by atoms with Gasteiger partial charge >= 0.3 is 0 Å². The molecule has 2 aromatic rings. The van der Waals surface area contributed by atoms with E-state index in [2.05, 4.69) is 20.3 Å². The van der Waals surface area contributed by atoms with Crippen molar-refractivity contribution >= 4 is 29.2 Å². The van der Waals surface area contributed by atoms with Crippen LogP contribution < -0.4 is 14.8 Å². The smallest absolute Gasteiger partial charge is 0.228 e. The highest BCUT2D eigenvalue weighted by Gasteiger charge is 2.07. The van der Waals surface area contributed by atoms with E-state index in [1.807, 2.05) is 12.1 Å². The number of aromatic nitrogens is 3. The number of hydrogen-bond donors (Lipinski definition) is 1. The van der Waals surface area contributed by atoms with Crippen LogP contribution in [-0.2, 0) is 6.54 Å². The minimum absolute atomic E-state index is 0.0363. The second kappa shape index (κ2) is 6.58. The first kappa shape index (κ1) is 14.6. The second-order valence-electron chi connectivity index (χ2n) is 3.73. The molecule has 20 heavy (non-hydrogen) atoms. The molecule has 2 rings (SSSR count). The Bertz CT molecular complexity index is 590. The molecule has 0 radical (unpaired) electrons. The van der Waals surface area contributed by atoms with Crippen molar-refractivity contribution in [2.24, 2.45) is 0 Å². The summed E-state index contributed by atoms with van der Waals surface area (Å²) < 4.78 is 10.4. The maximum Gasteiger partial charge on any atom is 0.228 e. The van der Waals surface area contributed by atoms with Gasteiger partial charge in [0.2, 0.25) is 16.5 Å². The molecular formula is C12H12Cl2N4O2. The molecule has 0 saturated heterocycles. The summed E-state index contributed by atoms with van der Waals surface area (Å²) in [6.07, 6.45) is 0. The Morgan fingerprint density at radius 3 is 2.35 bits per heavy atom. The number of benzene rings is 1. The van der Waals surface area contributed by atoms with Crippen LogP contribution in [0.25, 0.3) is 0 Å². The monoisotopic (exact) mass is 314 g/mol. The van der Waals surface area contributed by atoms with Crippen molar-refractivity contribution in [2.45, 2.75) is 6.54 Å². The van der Waals surface area contributed by atoms with Gasteiger partial charge in [-0.1, -0.05) is 0 Å². The standard InChI is InChI=1S/C12H12Cl2N4O2/c1-19-8-4-3-7(9(5-8)20-2)6-15-12-17-10(13)16-11(14)18-12/h3-5H,6H2,1-2H3,(H,15,16,17,18). The average molecular weight is 315 g/mol. The summed E-state index contributed by atoms with van der Waals surface area (Å²) in [5.74, 6) is 1.72. The summed E-state index contributed by atoms with van der Waals surface area (Å²) in [5, 5.41) is 3.08. The van der Waals surface area contributed by atoms with Gasteiger partial charge in [-0.05, 0) is 35.3 Å². The van der Waals surface area contributed by atoms with Crippen LogP contribution in [0.2, 0.25) is 10.6 Å². The molecule has 0 saturated carbocycles. The molecule has 106 valence electrons. The van der Waals surface area contributed by atoms with Gasteiger partial charge in [0.05, 0.1) is 14.2 Å². The predicted octanol–water partition coefficient (Wildman–Crippen LogP) is 2.81. The predicted molar refractivity (Wildman–Crippen MR) is 76.7 cm³/mol.